The molecule has 1 heterocycles. The Balaban J connectivity index is 1.81. The number of aliphatic hydroxyl groups is 1. The van der Waals surface area contributed by atoms with E-state index >= 15 is 0 Å². The SMILES string of the molecule is CCOc1ccc(C(=O)NCCc2ccc(CO)cc2)cn1. The molecular formula is C17H20N2O3. The number of ether oxygens (including phenoxy) is 1. The van der Waals surface area contributed by atoms with Crippen LogP contribution in [-0.4, -0.2) is 29.1 Å². The largest absolute Gasteiger partial charge is 0.478 e. The van der Waals surface area contributed by atoms with Crippen molar-refractivity contribution in [3.63, 3.8) is 0 Å². The second kappa shape index (κ2) is 8.14. The van der Waals surface area contributed by atoms with Crippen LogP contribution < -0.4 is 10.1 Å². The predicted octanol–water partition coefficient (Wildman–Crippen LogP) is 1.95. The Morgan fingerprint density at radius 2 is 1.91 bits per heavy atom. The zero-order valence-electron chi connectivity index (χ0n) is 12.6. The van der Waals surface area contributed by atoms with Gasteiger partial charge in [-0.2, -0.15) is 0 Å². The maximum Gasteiger partial charge on any atom is 0.252 e. The monoisotopic (exact) mass is 300 g/mol. The molecule has 1 amide bonds. The fourth-order valence-electron chi connectivity index (χ4n) is 1.98. The fourth-order valence-corrected chi connectivity index (χ4v) is 1.98. The lowest BCUT2D eigenvalue weighted by Gasteiger charge is -2.07. The van der Waals surface area contributed by atoms with Gasteiger partial charge in [0, 0.05) is 18.8 Å². The smallest absolute Gasteiger partial charge is 0.252 e. The lowest BCUT2D eigenvalue weighted by molar-refractivity contribution is 0.0953. The first kappa shape index (κ1) is 16.0. The zero-order chi connectivity index (χ0) is 15.8. The number of nitrogens with zero attached hydrogens (tertiary/aromatic N) is 1. The Morgan fingerprint density at radius 3 is 2.50 bits per heavy atom. The van der Waals surface area contributed by atoms with Crippen LogP contribution in [0, 0.1) is 0 Å². The molecule has 5 nitrogen and oxygen atoms in total. The summed E-state index contributed by atoms with van der Waals surface area (Å²) in [6.07, 6.45) is 2.25. The van der Waals surface area contributed by atoms with Crippen molar-refractivity contribution in [1.29, 1.82) is 0 Å². The van der Waals surface area contributed by atoms with Gasteiger partial charge in [0.15, 0.2) is 0 Å². The number of benzene rings is 1. The molecule has 0 bridgehead atoms. The highest BCUT2D eigenvalue weighted by molar-refractivity contribution is 5.93. The van der Waals surface area contributed by atoms with E-state index < -0.39 is 0 Å². The third-order valence-electron chi connectivity index (χ3n) is 3.20. The van der Waals surface area contributed by atoms with Gasteiger partial charge < -0.3 is 15.2 Å². The molecule has 0 fully saturated rings. The molecule has 0 saturated carbocycles. The van der Waals surface area contributed by atoms with Crippen LogP contribution >= 0.6 is 0 Å². The van der Waals surface area contributed by atoms with Gasteiger partial charge in [-0.05, 0) is 30.5 Å². The zero-order valence-corrected chi connectivity index (χ0v) is 12.6. The van der Waals surface area contributed by atoms with E-state index in [1.54, 1.807) is 12.1 Å². The lowest BCUT2D eigenvalue weighted by Crippen LogP contribution is -2.25. The number of hydrogen-bond donors (Lipinski definition) is 2. The van der Waals surface area contributed by atoms with Crippen LogP contribution in [0.5, 0.6) is 5.88 Å². The Kier molecular flexibility index (Phi) is 5.91. The third-order valence-corrected chi connectivity index (χ3v) is 3.20. The predicted molar refractivity (Wildman–Crippen MR) is 83.8 cm³/mol. The van der Waals surface area contributed by atoms with Gasteiger partial charge in [0.2, 0.25) is 5.88 Å². The minimum absolute atomic E-state index is 0.0434. The molecule has 0 aliphatic carbocycles. The van der Waals surface area contributed by atoms with E-state index in [1.807, 2.05) is 31.2 Å². The lowest BCUT2D eigenvalue weighted by atomic mass is 10.1. The normalized spacial score (nSPS) is 10.3. The van der Waals surface area contributed by atoms with E-state index in [2.05, 4.69) is 10.3 Å². The van der Waals surface area contributed by atoms with Crippen molar-refractivity contribution in [3.05, 3.63) is 59.3 Å². The van der Waals surface area contributed by atoms with Crippen LogP contribution in [0.15, 0.2) is 42.6 Å². The van der Waals surface area contributed by atoms with Crippen LogP contribution in [0.4, 0.5) is 0 Å². The van der Waals surface area contributed by atoms with Crippen LogP contribution in [0.3, 0.4) is 0 Å². The standard InChI is InChI=1S/C17H20N2O3/c1-2-22-16-8-7-15(11-19-16)17(21)18-10-9-13-3-5-14(12-20)6-4-13/h3-8,11,20H,2,9-10,12H2,1H3,(H,18,21). The molecule has 0 unspecified atom stereocenters. The molecular weight excluding hydrogens is 280 g/mol. The van der Waals surface area contributed by atoms with Gasteiger partial charge in [0.25, 0.3) is 5.91 Å². The number of pyridine rings is 1. The highest BCUT2D eigenvalue weighted by atomic mass is 16.5. The van der Waals surface area contributed by atoms with Crippen molar-refractivity contribution < 1.29 is 14.6 Å². The van der Waals surface area contributed by atoms with E-state index in [0.717, 1.165) is 17.5 Å². The Bertz CT molecular complexity index is 594. The van der Waals surface area contributed by atoms with Gasteiger partial charge in [-0.15, -0.1) is 0 Å². The summed E-state index contributed by atoms with van der Waals surface area (Å²) in [6, 6.07) is 11.1. The summed E-state index contributed by atoms with van der Waals surface area (Å²) in [6.45, 7) is 3.02. The Labute approximate surface area is 130 Å². The number of carbonyl (C=O) groups excluding carboxylic acids is 1. The van der Waals surface area contributed by atoms with Crippen LogP contribution in [0.1, 0.15) is 28.4 Å². The highest BCUT2D eigenvalue weighted by Crippen LogP contribution is 2.08. The minimum Gasteiger partial charge on any atom is -0.478 e. The summed E-state index contributed by atoms with van der Waals surface area (Å²) in [7, 11) is 0. The van der Waals surface area contributed by atoms with Gasteiger partial charge in [-0.25, -0.2) is 4.98 Å². The first-order valence-corrected chi connectivity index (χ1v) is 7.28. The molecule has 5 heteroatoms. The molecule has 1 aromatic heterocycles. The average molecular weight is 300 g/mol. The van der Waals surface area contributed by atoms with Gasteiger partial charge in [-0.3, -0.25) is 4.79 Å². The first-order chi connectivity index (χ1) is 10.7. The van der Waals surface area contributed by atoms with Crippen molar-refractivity contribution in [2.75, 3.05) is 13.2 Å². The van der Waals surface area contributed by atoms with Crippen molar-refractivity contribution >= 4 is 5.91 Å². The molecule has 0 spiro atoms. The van der Waals surface area contributed by atoms with Gasteiger partial charge in [-0.1, -0.05) is 24.3 Å². The van der Waals surface area contributed by atoms with Crippen molar-refractivity contribution in [1.82, 2.24) is 10.3 Å². The molecule has 22 heavy (non-hydrogen) atoms. The first-order valence-electron chi connectivity index (χ1n) is 7.28. The summed E-state index contributed by atoms with van der Waals surface area (Å²) >= 11 is 0. The fraction of sp³-hybridized carbons (Fsp3) is 0.294. The number of hydrogen-bond acceptors (Lipinski definition) is 4. The van der Waals surface area contributed by atoms with E-state index in [4.69, 9.17) is 9.84 Å². The summed E-state index contributed by atoms with van der Waals surface area (Å²) < 4.78 is 5.24. The topological polar surface area (TPSA) is 71.5 Å². The quantitative estimate of drug-likeness (QED) is 0.820. The summed E-state index contributed by atoms with van der Waals surface area (Å²) in [5, 5.41) is 11.8. The maximum atomic E-state index is 12.0. The van der Waals surface area contributed by atoms with Crippen LogP contribution in [-0.2, 0) is 13.0 Å². The number of amides is 1. The number of carbonyl (C=O) groups is 1. The summed E-state index contributed by atoms with van der Waals surface area (Å²) in [5.74, 6) is 0.366. The highest BCUT2D eigenvalue weighted by Gasteiger charge is 2.06. The molecule has 2 aromatic rings. The van der Waals surface area contributed by atoms with Gasteiger partial charge >= 0.3 is 0 Å². The molecule has 2 rings (SSSR count). The van der Waals surface area contributed by atoms with E-state index in [1.165, 1.54) is 6.20 Å². The molecule has 1 aromatic carbocycles. The Hall–Kier alpha value is -2.40. The molecule has 0 radical (unpaired) electrons. The maximum absolute atomic E-state index is 12.0. The average Bonchev–Trinajstić information content (AvgIpc) is 2.56. The van der Waals surface area contributed by atoms with Gasteiger partial charge in [0.1, 0.15) is 0 Å². The molecule has 2 N–H and O–H groups in total. The van der Waals surface area contributed by atoms with E-state index in [-0.39, 0.29) is 12.5 Å². The Morgan fingerprint density at radius 1 is 1.18 bits per heavy atom. The number of rotatable bonds is 7. The second-order valence-corrected chi connectivity index (χ2v) is 4.80. The van der Waals surface area contributed by atoms with Crippen LogP contribution in [0.2, 0.25) is 0 Å². The van der Waals surface area contributed by atoms with E-state index in [9.17, 15) is 4.79 Å². The van der Waals surface area contributed by atoms with Crippen molar-refractivity contribution in [2.45, 2.75) is 20.0 Å². The van der Waals surface area contributed by atoms with E-state index in [0.29, 0.717) is 24.6 Å². The minimum atomic E-state index is -0.150. The summed E-state index contributed by atoms with van der Waals surface area (Å²) in [5.41, 5.74) is 2.51. The molecule has 0 saturated heterocycles. The van der Waals surface area contributed by atoms with Crippen molar-refractivity contribution in [2.24, 2.45) is 0 Å². The molecule has 0 aliphatic rings. The number of aliphatic hydroxyl groups excluding tert-OH is 1. The number of nitrogens with one attached hydrogen (secondary N) is 1. The van der Waals surface area contributed by atoms with Crippen molar-refractivity contribution in [3.8, 4) is 5.88 Å². The molecule has 0 atom stereocenters. The number of aromatic nitrogens is 1. The summed E-state index contributed by atoms with van der Waals surface area (Å²) in [4.78, 5) is 16.0. The second-order valence-electron chi connectivity index (χ2n) is 4.80. The van der Waals surface area contributed by atoms with Crippen LogP contribution in [0.25, 0.3) is 0 Å². The molecule has 0 aliphatic heterocycles. The van der Waals surface area contributed by atoms with Gasteiger partial charge in [0.05, 0.1) is 18.8 Å². The molecule has 116 valence electrons. The third kappa shape index (κ3) is 4.56.